The fraction of sp³-hybridized carbons (Fsp3) is 0. The largest absolute Gasteiger partial charge is 0 e. The summed E-state index contributed by atoms with van der Waals surface area (Å²) in [6.45, 7) is 0. The van der Waals surface area contributed by atoms with Crippen LogP contribution < -0.4 is 0 Å². The van der Waals surface area contributed by atoms with E-state index in [1.807, 2.05) is 0 Å². The summed E-state index contributed by atoms with van der Waals surface area (Å²) in [5.41, 5.74) is 0. The van der Waals surface area contributed by atoms with Gasteiger partial charge in [0.15, 0.2) is 0 Å². The average molecular weight is 424 g/mol. The second-order valence-electron chi connectivity index (χ2n) is 0.610. The molecule has 0 radical (unpaired) electrons. The number of hydrogen-bond acceptors (Lipinski definition) is 2. The van der Waals surface area contributed by atoms with Crippen LogP contribution in [0.2, 0.25) is 0 Å². The maximum Gasteiger partial charge on any atom is 0 e. The zero-order valence-electron chi connectivity index (χ0n) is 3.03. The van der Waals surface area contributed by atoms with Crippen molar-refractivity contribution in [1.29, 1.82) is 0 Å². The topological polar surface area (TPSA) is 74.6 Å². The van der Waals surface area contributed by atoms with Crippen LogP contribution in [0.5, 0.6) is 0 Å². The van der Waals surface area contributed by atoms with Crippen molar-refractivity contribution in [2.75, 3.05) is 0 Å². The normalized spacial score (nSPS) is 5.50. The number of hydrogen-bond donors (Lipinski definition) is 2. The van der Waals surface area contributed by atoms with Gasteiger partial charge in [-0.2, -0.15) is 0 Å². The summed E-state index contributed by atoms with van der Waals surface area (Å²) in [5, 5.41) is 14.8. The van der Waals surface area contributed by atoms with Crippen molar-refractivity contribution in [3.8, 4) is 0 Å². The van der Waals surface area contributed by atoms with Gasteiger partial charge in [0.25, 0.3) is 0 Å². The van der Waals surface area contributed by atoms with Gasteiger partial charge in [-0.3, -0.25) is 0 Å². The van der Waals surface area contributed by atoms with Crippen molar-refractivity contribution < 1.29 is 40.9 Å². The molecular formula is C2H4BaO4Pt. The predicted molar refractivity (Wildman–Crippen MR) is 23.8 cm³/mol. The molecule has 0 aliphatic heterocycles. The third kappa shape index (κ3) is 10.2. The first-order valence-electron chi connectivity index (χ1n) is 1.11. The summed E-state index contributed by atoms with van der Waals surface area (Å²) in [6, 6.07) is 0. The van der Waals surface area contributed by atoms with Gasteiger partial charge in [0.2, 0.25) is 0 Å². The molecule has 0 spiro atoms. The van der Waals surface area contributed by atoms with Crippen LogP contribution in [0.15, 0.2) is 0 Å². The molecule has 8 heavy (non-hydrogen) atoms. The molecule has 0 unspecified atom stereocenters. The van der Waals surface area contributed by atoms with Crippen molar-refractivity contribution in [2.45, 2.75) is 0 Å². The van der Waals surface area contributed by atoms with E-state index in [0.29, 0.717) is 0 Å². The molecule has 0 aromatic rings. The molecule has 0 atom stereocenters. The standard InChI is InChI=1S/C2H2O4.Ba.Pt.2H/c3-1(4)2(5)6;;;;/h(H,3,4)(H,5,6);;;;. The second kappa shape index (κ2) is 8.20. The molecular weight excluding hydrogens is 420 g/mol. The van der Waals surface area contributed by atoms with Gasteiger partial charge in [0, 0.05) is 21.1 Å². The molecule has 0 rings (SSSR count). The van der Waals surface area contributed by atoms with Gasteiger partial charge >= 0.3 is 60.8 Å². The van der Waals surface area contributed by atoms with E-state index in [-0.39, 0.29) is 69.9 Å². The maximum absolute atomic E-state index is 9.10. The van der Waals surface area contributed by atoms with Gasteiger partial charge in [0.05, 0.1) is 0 Å². The quantitative estimate of drug-likeness (QED) is 0.357. The SMILES string of the molecule is O=C(O)C(=O)O.[BaH2].[Pt]. The Morgan fingerprint density at radius 1 is 1.00 bits per heavy atom. The molecule has 48 valence electrons. The molecule has 0 amide bonds. The van der Waals surface area contributed by atoms with Gasteiger partial charge in [-0.1, -0.05) is 0 Å². The molecule has 0 aromatic carbocycles. The van der Waals surface area contributed by atoms with E-state index in [4.69, 9.17) is 19.8 Å². The predicted octanol–water partition coefficient (Wildman–Crippen LogP) is -1.76. The van der Waals surface area contributed by atoms with E-state index in [1.165, 1.54) is 0 Å². The van der Waals surface area contributed by atoms with E-state index in [2.05, 4.69) is 0 Å². The molecule has 0 fully saturated rings. The smallest absolute Gasteiger partial charge is 0 e. The van der Waals surface area contributed by atoms with Crippen LogP contribution >= 0.6 is 0 Å². The third-order valence-electron chi connectivity index (χ3n) is 0.183. The molecule has 4 nitrogen and oxygen atoms in total. The summed E-state index contributed by atoms with van der Waals surface area (Å²) in [7, 11) is 0. The Kier molecular flexibility index (Phi) is 16.5. The minimum Gasteiger partial charge on any atom is 0 e. The monoisotopic (exact) mass is 425 g/mol. The molecule has 0 heterocycles. The molecule has 0 saturated carbocycles. The summed E-state index contributed by atoms with van der Waals surface area (Å²) < 4.78 is 0. The van der Waals surface area contributed by atoms with Crippen molar-refractivity contribution in [3.63, 3.8) is 0 Å². The van der Waals surface area contributed by atoms with E-state index in [9.17, 15) is 0 Å². The Bertz CT molecular complexity index is 80.0. The summed E-state index contributed by atoms with van der Waals surface area (Å²) in [6.07, 6.45) is 0. The Morgan fingerprint density at radius 2 is 1.12 bits per heavy atom. The zero-order chi connectivity index (χ0) is 5.15. The first-order chi connectivity index (χ1) is 2.64. The number of carbonyl (C=O) groups is 2. The van der Waals surface area contributed by atoms with Crippen LogP contribution in [0.1, 0.15) is 0 Å². The molecule has 0 aromatic heterocycles. The van der Waals surface area contributed by atoms with Crippen molar-refractivity contribution in [2.24, 2.45) is 0 Å². The van der Waals surface area contributed by atoms with E-state index < -0.39 is 11.9 Å². The average Bonchev–Trinajstić information content (AvgIpc) is 1.36. The Labute approximate surface area is 100.0 Å². The summed E-state index contributed by atoms with van der Waals surface area (Å²) in [4.78, 5) is 18.2. The third-order valence-corrected chi connectivity index (χ3v) is 0.183. The van der Waals surface area contributed by atoms with Crippen LogP contribution in [-0.2, 0) is 30.7 Å². The fourth-order valence-electron chi connectivity index (χ4n) is 0. The minimum absolute atomic E-state index is 0. The van der Waals surface area contributed by atoms with E-state index in [1.54, 1.807) is 0 Å². The van der Waals surface area contributed by atoms with Crippen LogP contribution in [0.4, 0.5) is 0 Å². The zero-order valence-corrected chi connectivity index (χ0v) is 5.30. The van der Waals surface area contributed by atoms with Crippen molar-refractivity contribution >= 4 is 60.8 Å². The van der Waals surface area contributed by atoms with Crippen LogP contribution in [-0.4, -0.2) is 71.0 Å². The number of carboxylic acids is 2. The van der Waals surface area contributed by atoms with Crippen LogP contribution in [0, 0.1) is 0 Å². The van der Waals surface area contributed by atoms with Gasteiger partial charge in [-0.05, 0) is 0 Å². The summed E-state index contributed by atoms with van der Waals surface area (Å²) in [5.74, 6) is -3.65. The molecule has 0 saturated heterocycles. The Balaban J connectivity index is -0.000000125. The minimum atomic E-state index is -1.82. The molecule has 0 aliphatic carbocycles. The van der Waals surface area contributed by atoms with Gasteiger partial charge in [-0.25, -0.2) is 9.59 Å². The van der Waals surface area contributed by atoms with Gasteiger partial charge in [-0.15, -0.1) is 0 Å². The van der Waals surface area contributed by atoms with Crippen LogP contribution in [0.25, 0.3) is 0 Å². The summed E-state index contributed by atoms with van der Waals surface area (Å²) >= 11 is 0. The molecule has 2 N–H and O–H groups in total. The van der Waals surface area contributed by atoms with Crippen molar-refractivity contribution in [3.05, 3.63) is 0 Å². The van der Waals surface area contributed by atoms with E-state index in [0.717, 1.165) is 0 Å². The van der Waals surface area contributed by atoms with Crippen LogP contribution in [0.3, 0.4) is 0 Å². The first-order valence-corrected chi connectivity index (χ1v) is 1.11. The second-order valence-corrected chi connectivity index (χ2v) is 0.610. The Hall–Kier alpha value is 1.20. The number of aliphatic carboxylic acids is 2. The number of carboxylic acid groups (broad SMARTS) is 2. The molecule has 6 heteroatoms. The molecule has 0 aliphatic rings. The Morgan fingerprint density at radius 3 is 1.12 bits per heavy atom. The molecule has 0 bridgehead atoms. The maximum atomic E-state index is 9.10. The first kappa shape index (κ1) is 16.1. The van der Waals surface area contributed by atoms with Gasteiger partial charge in [0.1, 0.15) is 0 Å². The van der Waals surface area contributed by atoms with Gasteiger partial charge < -0.3 is 10.2 Å². The van der Waals surface area contributed by atoms with Crippen molar-refractivity contribution in [1.82, 2.24) is 0 Å². The van der Waals surface area contributed by atoms with E-state index >= 15 is 0 Å². The number of rotatable bonds is 0. The fourth-order valence-corrected chi connectivity index (χ4v) is 0.